The molecule has 0 N–H and O–H groups in total. The van der Waals surface area contributed by atoms with Crippen LogP contribution in [0.2, 0.25) is 0 Å². The summed E-state index contributed by atoms with van der Waals surface area (Å²) in [6, 6.07) is 20.2. The van der Waals surface area contributed by atoms with E-state index in [2.05, 4.69) is 50.4 Å². The molecule has 5 heteroatoms. The Kier molecular flexibility index (Phi) is 14.0. The second kappa shape index (κ2) is 17.7. The van der Waals surface area contributed by atoms with Crippen molar-refractivity contribution in [2.45, 2.75) is 84.0 Å². The number of hydrogen-bond donors (Lipinski definition) is 0. The van der Waals surface area contributed by atoms with Gasteiger partial charge in [0.15, 0.2) is 0 Å². The van der Waals surface area contributed by atoms with Crippen molar-refractivity contribution in [3.63, 3.8) is 0 Å². The molecule has 3 aromatic carbocycles. The van der Waals surface area contributed by atoms with E-state index in [4.69, 9.17) is 9.47 Å². The number of quaternary nitrogens is 1. The Morgan fingerprint density at radius 2 is 1.18 bits per heavy atom. The van der Waals surface area contributed by atoms with E-state index in [0.29, 0.717) is 0 Å². The molecule has 40 heavy (non-hydrogen) atoms. The van der Waals surface area contributed by atoms with E-state index in [1.165, 1.54) is 70.8 Å². The number of unbranched alkanes of at least 4 members (excludes halogenated alkanes) is 10. The summed E-state index contributed by atoms with van der Waals surface area (Å²) in [4.78, 5) is 0. The van der Waals surface area contributed by atoms with Gasteiger partial charge in [-0.2, -0.15) is 5.11 Å². The first-order chi connectivity index (χ1) is 19.5. The standard InChI is InChI=1S/C35H52N3O2/c1-5-6-7-8-9-10-12-17-28-39-31-23-21-30(22-24-31)36-37-34-25-26-35(33-20-15-14-19-32(33)34)40-29-18-13-11-16-27-38(2,3)4/h14-15,19-26H,5-13,16-18,27-29H2,1-4H3/q+1. The molecule has 0 bridgehead atoms. The van der Waals surface area contributed by atoms with E-state index in [-0.39, 0.29) is 0 Å². The van der Waals surface area contributed by atoms with E-state index in [1.807, 2.05) is 48.5 Å². The van der Waals surface area contributed by atoms with Gasteiger partial charge in [0, 0.05) is 10.8 Å². The molecule has 3 rings (SSSR count). The van der Waals surface area contributed by atoms with Crippen LogP contribution in [0.3, 0.4) is 0 Å². The van der Waals surface area contributed by atoms with Crippen LogP contribution in [0.1, 0.15) is 84.0 Å². The first-order valence-electron chi connectivity index (χ1n) is 15.6. The van der Waals surface area contributed by atoms with Crippen LogP contribution < -0.4 is 9.47 Å². The Hall–Kier alpha value is -2.92. The average Bonchev–Trinajstić information content (AvgIpc) is 2.95. The first kappa shape index (κ1) is 31.6. The minimum atomic E-state index is 0.739. The molecule has 0 amide bonds. The van der Waals surface area contributed by atoms with Crippen molar-refractivity contribution in [2.24, 2.45) is 10.2 Å². The molecule has 0 saturated heterocycles. The fourth-order valence-corrected chi connectivity index (χ4v) is 4.84. The Bertz CT molecular complexity index is 1140. The summed E-state index contributed by atoms with van der Waals surface area (Å²) in [5.41, 5.74) is 1.66. The first-order valence-corrected chi connectivity index (χ1v) is 15.6. The van der Waals surface area contributed by atoms with Crippen molar-refractivity contribution in [3.05, 3.63) is 60.7 Å². The quantitative estimate of drug-likeness (QED) is 0.0803. The summed E-state index contributed by atoms with van der Waals surface area (Å²) in [6.45, 7) is 5.00. The van der Waals surface area contributed by atoms with E-state index >= 15 is 0 Å². The molecule has 0 saturated carbocycles. The lowest BCUT2D eigenvalue weighted by molar-refractivity contribution is -0.870. The van der Waals surface area contributed by atoms with Gasteiger partial charge in [-0.25, -0.2) is 0 Å². The fourth-order valence-electron chi connectivity index (χ4n) is 4.84. The van der Waals surface area contributed by atoms with Crippen molar-refractivity contribution in [1.29, 1.82) is 0 Å². The van der Waals surface area contributed by atoms with Crippen molar-refractivity contribution in [3.8, 4) is 11.5 Å². The zero-order valence-electron chi connectivity index (χ0n) is 25.5. The summed E-state index contributed by atoms with van der Waals surface area (Å²) in [7, 11) is 6.76. The summed E-state index contributed by atoms with van der Waals surface area (Å²) < 4.78 is 13.1. The number of rotatable bonds is 20. The predicted molar refractivity (Wildman–Crippen MR) is 170 cm³/mol. The van der Waals surface area contributed by atoms with Crippen LogP contribution >= 0.6 is 0 Å². The van der Waals surface area contributed by atoms with Gasteiger partial charge in [-0.15, -0.1) is 5.11 Å². The maximum Gasteiger partial charge on any atom is 0.127 e. The fraction of sp³-hybridized carbons (Fsp3) is 0.543. The normalized spacial score (nSPS) is 11.9. The van der Waals surface area contributed by atoms with Crippen molar-refractivity contribution in [1.82, 2.24) is 0 Å². The van der Waals surface area contributed by atoms with Gasteiger partial charge in [0.1, 0.15) is 11.5 Å². The lowest BCUT2D eigenvalue weighted by Crippen LogP contribution is -2.35. The SMILES string of the molecule is CCCCCCCCCCOc1ccc(N=Nc2ccc(OCCCCCC[N+](C)(C)C)c3ccccc23)cc1. The van der Waals surface area contributed by atoms with Crippen LogP contribution in [-0.2, 0) is 0 Å². The van der Waals surface area contributed by atoms with Gasteiger partial charge >= 0.3 is 0 Å². The highest BCUT2D eigenvalue weighted by Crippen LogP contribution is 2.34. The Morgan fingerprint density at radius 3 is 1.85 bits per heavy atom. The van der Waals surface area contributed by atoms with Crippen LogP contribution in [-0.4, -0.2) is 45.4 Å². The molecule has 5 nitrogen and oxygen atoms in total. The lowest BCUT2D eigenvalue weighted by Gasteiger charge is -2.23. The topological polar surface area (TPSA) is 43.2 Å². The largest absolute Gasteiger partial charge is 0.494 e. The van der Waals surface area contributed by atoms with Crippen LogP contribution in [0.4, 0.5) is 11.4 Å². The molecule has 0 aromatic heterocycles. The summed E-state index contributed by atoms with van der Waals surface area (Å²) in [6.07, 6.45) is 15.2. The van der Waals surface area contributed by atoms with E-state index in [1.54, 1.807) is 0 Å². The number of ether oxygens (including phenoxy) is 2. The molecule has 0 fully saturated rings. The summed E-state index contributed by atoms with van der Waals surface area (Å²) in [5.74, 6) is 1.81. The number of fused-ring (bicyclic) bond motifs is 1. The average molecular weight is 547 g/mol. The minimum absolute atomic E-state index is 0.739. The molecule has 0 atom stereocenters. The zero-order valence-corrected chi connectivity index (χ0v) is 25.5. The van der Waals surface area contributed by atoms with Crippen molar-refractivity contribution in [2.75, 3.05) is 40.9 Å². The Balaban J connectivity index is 1.44. The molecular formula is C35H52N3O2+. The zero-order chi connectivity index (χ0) is 28.5. The molecule has 0 unspecified atom stereocenters. The second-order valence-corrected chi connectivity index (χ2v) is 11.9. The van der Waals surface area contributed by atoms with E-state index in [9.17, 15) is 0 Å². The lowest BCUT2D eigenvalue weighted by atomic mass is 10.1. The molecule has 0 aliphatic heterocycles. The van der Waals surface area contributed by atoms with Crippen molar-refractivity contribution < 1.29 is 14.0 Å². The maximum absolute atomic E-state index is 6.18. The van der Waals surface area contributed by atoms with Crippen LogP contribution in [0.5, 0.6) is 11.5 Å². The van der Waals surface area contributed by atoms with E-state index in [0.717, 1.165) is 64.2 Å². The monoisotopic (exact) mass is 546 g/mol. The highest BCUT2D eigenvalue weighted by molar-refractivity contribution is 5.96. The molecular weight excluding hydrogens is 494 g/mol. The minimum Gasteiger partial charge on any atom is -0.494 e. The second-order valence-electron chi connectivity index (χ2n) is 11.9. The number of benzene rings is 3. The van der Waals surface area contributed by atoms with Gasteiger partial charge in [-0.05, 0) is 68.5 Å². The molecule has 3 aromatic rings. The van der Waals surface area contributed by atoms with Gasteiger partial charge in [0.25, 0.3) is 0 Å². The van der Waals surface area contributed by atoms with Gasteiger partial charge in [0.05, 0.1) is 52.3 Å². The highest BCUT2D eigenvalue weighted by Gasteiger charge is 2.08. The number of azo groups is 1. The molecule has 0 heterocycles. The third-order valence-corrected chi connectivity index (χ3v) is 7.22. The Morgan fingerprint density at radius 1 is 0.575 bits per heavy atom. The van der Waals surface area contributed by atoms with Crippen LogP contribution in [0.15, 0.2) is 70.9 Å². The maximum atomic E-state index is 6.18. The number of hydrogen-bond acceptors (Lipinski definition) is 4. The van der Waals surface area contributed by atoms with Gasteiger partial charge in [-0.1, -0.05) is 76.1 Å². The molecule has 218 valence electrons. The van der Waals surface area contributed by atoms with Gasteiger partial charge < -0.3 is 14.0 Å². The van der Waals surface area contributed by atoms with Gasteiger partial charge in [-0.3, -0.25) is 0 Å². The van der Waals surface area contributed by atoms with Gasteiger partial charge in [0.2, 0.25) is 0 Å². The summed E-state index contributed by atoms with van der Waals surface area (Å²) >= 11 is 0. The van der Waals surface area contributed by atoms with Crippen molar-refractivity contribution >= 4 is 22.1 Å². The summed E-state index contributed by atoms with van der Waals surface area (Å²) in [5, 5.41) is 11.2. The molecule has 0 aliphatic carbocycles. The molecule has 0 radical (unpaired) electrons. The van der Waals surface area contributed by atoms with Crippen LogP contribution in [0.25, 0.3) is 10.8 Å². The molecule has 0 aliphatic rings. The Labute approximate surface area is 243 Å². The third-order valence-electron chi connectivity index (χ3n) is 7.22. The van der Waals surface area contributed by atoms with E-state index < -0.39 is 0 Å². The smallest absolute Gasteiger partial charge is 0.127 e. The molecule has 0 spiro atoms. The van der Waals surface area contributed by atoms with Crippen LogP contribution in [0, 0.1) is 0 Å². The highest BCUT2D eigenvalue weighted by atomic mass is 16.5. The number of nitrogens with zero attached hydrogens (tertiary/aromatic N) is 3. The predicted octanol–water partition coefficient (Wildman–Crippen LogP) is 10.4. The third kappa shape index (κ3) is 12.1.